The molecule has 0 aliphatic heterocycles. The molecule has 0 atom stereocenters. The van der Waals surface area contributed by atoms with Crippen LogP contribution in [0.3, 0.4) is 0 Å². The Kier molecular flexibility index (Phi) is 2.82. The Morgan fingerprint density at radius 1 is 0.950 bits per heavy atom. The van der Waals surface area contributed by atoms with Crippen LogP contribution in [-0.2, 0) is 0 Å². The maximum Gasteiger partial charge on any atom is 0.131 e. The highest BCUT2D eigenvalue weighted by Gasteiger charge is 2.13. The standard InChI is InChI=1S/C15H13FN4/c1-8-15(9(2)20-7-19-8)12-3-10-5-14(17)18-6-11(10)4-13(12)16/h3-7H,1-2H3,(H2,17,18). The van der Waals surface area contributed by atoms with Gasteiger partial charge in [0.05, 0.1) is 0 Å². The largest absolute Gasteiger partial charge is 0.384 e. The van der Waals surface area contributed by atoms with Gasteiger partial charge in [-0.15, -0.1) is 0 Å². The molecule has 5 heteroatoms. The van der Waals surface area contributed by atoms with Crippen molar-refractivity contribution in [2.75, 3.05) is 5.73 Å². The van der Waals surface area contributed by atoms with E-state index in [1.165, 1.54) is 12.4 Å². The number of benzene rings is 1. The van der Waals surface area contributed by atoms with E-state index in [0.717, 1.165) is 22.3 Å². The zero-order chi connectivity index (χ0) is 14.3. The Labute approximate surface area is 115 Å². The number of nitrogens with two attached hydrogens (primary N) is 1. The molecule has 2 aromatic heterocycles. The molecule has 0 spiro atoms. The average Bonchev–Trinajstić information content (AvgIpc) is 2.39. The van der Waals surface area contributed by atoms with Crippen LogP contribution in [-0.4, -0.2) is 15.0 Å². The minimum Gasteiger partial charge on any atom is -0.384 e. The van der Waals surface area contributed by atoms with Crippen molar-refractivity contribution in [2.24, 2.45) is 0 Å². The third-order valence-electron chi connectivity index (χ3n) is 3.32. The van der Waals surface area contributed by atoms with Gasteiger partial charge in [-0.05, 0) is 37.4 Å². The van der Waals surface area contributed by atoms with Crippen LogP contribution >= 0.6 is 0 Å². The Morgan fingerprint density at radius 3 is 2.35 bits per heavy atom. The number of nitrogen functional groups attached to an aromatic ring is 1. The maximum atomic E-state index is 14.4. The summed E-state index contributed by atoms with van der Waals surface area (Å²) in [6, 6.07) is 4.96. The van der Waals surface area contributed by atoms with Crippen LogP contribution in [0, 0.1) is 19.7 Å². The minimum atomic E-state index is -0.315. The molecule has 2 N–H and O–H groups in total. The summed E-state index contributed by atoms with van der Waals surface area (Å²) in [7, 11) is 0. The zero-order valence-corrected chi connectivity index (χ0v) is 11.2. The second-order valence-corrected chi connectivity index (χ2v) is 4.71. The smallest absolute Gasteiger partial charge is 0.131 e. The highest BCUT2D eigenvalue weighted by atomic mass is 19.1. The Morgan fingerprint density at radius 2 is 1.65 bits per heavy atom. The molecule has 0 amide bonds. The van der Waals surface area contributed by atoms with Gasteiger partial charge >= 0.3 is 0 Å². The van der Waals surface area contributed by atoms with E-state index < -0.39 is 0 Å². The SMILES string of the molecule is Cc1ncnc(C)c1-c1cc2cc(N)ncc2cc1F. The van der Waals surface area contributed by atoms with Gasteiger partial charge in [-0.25, -0.2) is 19.3 Å². The molecule has 100 valence electrons. The predicted molar refractivity (Wildman–Crippen MR) is 76.6 cm³/mol. The summed E-state index contributed by atoms with van der Waals surface area (Å²) in [5.74, 6) is 0.0953. The molecule has 0 aliphatic rings. The molecule has 0 fully saturated rings. The molecule has 4 nitrogen and oxygen atoms in total. The minimum absolute atomic E-state index is 0.315. The van der Waals surface area contributed by atoms with Crippen LogP contribution in [0.1, 0.15) is 11.4 Å². The van der Waals surface area contributed by atoms with Gasteiger partial charge in [0.1, 0.15) is 18.0 Å². The molecule has 0 saturated heterocycles. The lowest BCUT2D eigenvalue weighted by atomic mass is 9.99. The van der Waals surface area contributed by atoms with Crippen molar-refractivity contribution in [3.8, 4) is 11.1 Å². The highest BCUT2D eigenvalue weighted by Crippen LogP contribution is 2.31. The Bertz CT molecular complexity index is 794. The number of fused-ring (bicyclic) bond motifs is 1. The molecule has 0 saturated carbocycles. The van der Waals surface area contributed by atoms with Crippen LogP contribution < -0.4 is 5.73 Å². The van der Waals surface area contributed by atoms with E-state index in [0.29, 0.717) is 16.8 Å². The van der Waals surface area contributed by atoms with Crippen molar-refractivity contribution in [3.63, 3.8) is 0 Å². The summed E-state index contributed by atoms with van der Waals surface area (Å²) < 4.78 is 14.4. The van der Waals surface area contributed by atoms with Gasteiger partial charge in [-0.2, -0.15) is 0 Å². The summed E-state index contributed by atoms with van der Waals surface area (Å²) >= 11 is 0. The van der Waals surface area contributed by atoms with Crippen molar-refractivity contribution in [2.45, 2.75) is 13.8 Å². The van der Waals surface area contributed by atoms with Gasteiger partial charge in [0.2, 0.25) is 0 Å². The van der Waals surface area contributed by atoms with Crippen molar-refractivity contribution < 1.29 is 4.39 Å². The number of hydrogen-bond donors (Lipinski definition) is 1. The van der Waals surface area contributed by atoms with Gasteiger partial charge in [0.25, 0.3) is 0 Å². The zero-order valence-electron chi connectivity index (χ0n) is 11.2. The lowest BCUT2D eigenvalue weighted by Crippen LogP contribution is -1.97. The van der Waals surface area contributed by atoms with E-state index in [2.05, 4.69) is 15.0 Å². The highest BCUT2D eigenvalue weighted by molar-refractivity contribution is 5.89. The molecule has 1 aromatic carbocycles. The molecular weight excluding hydrogens is 255 g/mol. The topological polar surface area (TPSA) is 64.7 Å². The van der Waals surface area contributed by atoms with Crippen molar-refractivity contribution in [3.05, 3.63) is 47.9 Å². The number of nitrogens with zero attached hydrogens (tertiary/aromatic N) is 3. The monoisotopic (exact) mass is 268 g/mol. The van der Waals surface area contributed by atoms with Crippen LogP contribution in [0.4, 0.5) is 10.2 Å². The van der Waals surface area contributed by atoms with E-state index in [4.69, 9.17) is 5.73 Å². The first kappa shape index (κ1) is 12.5. The van der Waals surface area contributed by atoms with Gasteiger partial charge in [-0.1, -0.05) is 0 Å². The average molecular weight is 268 g/mol. The molecule has 20 heavy (non-hydrogen) atoms. The summed E-state index contributed by atoms with van der Waals surface area (Å²) in [5.41, 5.74) is 8.39. The molecule has 0 unspecified atom stereocenters. The first-order valence-corrected chi connectivity index (χ1v) is 6.19. The van der Waals surface area contributed by atoms with Gasteiger partial charge in [0.15, 0.2) is 0 Å². The van der Waals surface area contributed by atoms with Crippen LogP contribution in [0.25, 0.3) is 21.9 Å². The van der Waals surface area contributed by atoms with Gasteiger partial charge < -0.3 is 5.73 Å². The first-order valence-electron chi connectivity index (χ1n) is 6.19. The third kappa shape index (κ3) is 1.97. The van der Waals surface area contributed by atoms with E-state index in [1.807, 2.05) is 13.8 Å². The number of anilines is 1. The van der Waals surface area contributed by atoms with E-state index in [-0.39, 0.29) is 5.82 Å². The molecule has 0 bridgehead atoms. The van der Waals surface area contributed by atoms with Crippen molar-refractivity contribution in [1.29, 1.82) is 0 Å². The summed E-state index contributed by atoms with van der Waals surface area (Å²) in [4.78, 5) is 12.3. The van der Waals surface area contributed by atoms with Crippen molar-refractivity contribution >= 4 is 16.6 Å². The molecular formula is C15H13FN4. The predicted octanol–water partition coefficient (Wildman–Crippen LogP) is 3.03. The first-order chi connectivity index (χ1) is 9.56. The lowest BCUT2D eigenvalue weighted by Gasteiger charge is -2.10. The molecule has 3 aromatic rings. The molecule has 0 radical (unpaired) electrons. The maximum absolute atomic E-state index is 14.4. The van der Waals surface area contributed by atoms with E-state index in [1.54, 1.807) is 18.3 Å². The fourth-order valence-corrected chi connectivity index (χ4v) is 2.36. The van der Waals surface area contributed by atoms with Crippen molar-refractivity contribution in [1.82, 2.24) is 15.0 Å². The number of aryl methyl sites for hydroxylation is 2. The Balaban J connectivity index is 2.33. The number of halogens is 1. The van der Waals surface area contributed by atoms with Gasteiger partial charge in [0, 0.05) is 34.1 Å². The lowest BCUT2D eigenvalue weighted by molar-refractivity contribution is 0.632. The van der Waals surface area contributed by atoms with E-state index >= 15 is 0 Å². The molecule has 0 aliphatic carbocycles. The summed E-state index contributed by atoms with van der Waals surface area (Å²) in [5, 5.41) is 1.56. The van der Waals surface area contributed by atoms with Crippen LogP contribution in [0.2, 0.25) is 0 Å². The number of pyridine rings is 1. The normalized spacial score (nSPS) is 10.9. The fourth-order valence-electron chi connectivity index (χ4n) is 2.36. The third-order valence-corrected chi connectivity index (χ3v) is 3.32. The van der Waals surface area contributed by atoms with Gasteiger partial charge in [-0.3, -0.25) is 0 Å². The second kappa shape index (κ2) is 4.52. The molecule has 3 rings (SSSR count). The Hall–Kier alpha value is -2.56. The number of aromatic nitrogens is 3. The second-order valence-electron chi connectivity index (χ2n) is 4.71. The summed E-state index contributed by atoms with van der Waals surface area (Å²) in [6.07, 6.45) is 3.05. The van der Waals surface area contributed by atoms with Crippen LogP contribution in [0.5, 0.6) is 0 Å². The summed E-state index contributed by atoms with van der Waals surface area (Å²) in [6.45, 7) is 3.68. The number of rotatable bonds is 1. The number of hydrogen-bond acceptors (Lipinski definition) is 4. The van der Waals surface area contributed by atoms with E-state index in [9.17, 15) is 4.39 Å². The quantitative estimate of drug-likeness (QED) is 0.736. The van der Waals surface area contributed by atoms with Crippen LogP contribution in [0.15, 0.2) is 30.7 Å². The molecule has 2 heterocycles. The fraction of sp³-hybridized carbons (Fsp3) is 0.133.